The van der Waals surface area contributed by atoms with Crippen LogP contribution in [0.25, 0.3) is 5.69 Å². The third-order valence-electron chi connectivity index (χ3n) is 6.31. The van der Waals surface area contributed by atoms with Crippen molar-refractivity contribution in [1.29, 1.82) is 0 Å². The summed E-state index contributed by atoms with van der Waals surface area (Å²) in [5, 5.41) is 3.87. The van der Waals surface area contributed by atoms with Gasteiger partial charge in [0, 0.05) is 43.5 Å². The van der Waals surface area contributed by atoms with Crippen LogP contribution in [0.4, 0.5) is 14.5 Å². The summed E-state index contributed by atoms with van der Waals surface area (Å²) in [5.74, 6) is -1.67. The smallest absolute Gasteiger partial charge is 0.316 e. The number of thiazole rings is 1. The van der Waals surface area contributed by atoms with E-state index in [4.69, 9.17) is 4.74 Å². The minimum absolute atomic E-state index is 0.00432. The Morgan fingerprint density at radius 2 is 1.81 bits per heavy atom. The van der Waals surface area contributed by atoms with E-state index in [0.29, 0.717) is 44.1 Å². The van der Waals surface area contributed by atoms with Crippen LogP contribution < -0.4 is 15.2 Å². The molecule has 0 atom stereocenters. The number of hydrogen-bond acceptors (Lipinski definition) is 8. The molecule has 1 aliphatic heterocycles. The average Bonchev–Trinajstić information content (AvgIpc) is 3.63. The van der Waals surface area contributed by atoms with Gasteiger partial charge < -0.3 is 9.64 Å². The Balaban J connectivity index is 1.43. The van der Waals surface area contributed by atoms with Gasteiger partial charge in [0.15, 0.2) is 0 Å². The van der Waals surface area contributed by atoms with E-state index < -0.39 is 27.2 Å². The lowest BCUT2D eigenvalue weighted by Crippen LogP contribution is -2.50. The fraction of sp³-hybridized carbons (Fsp3) is 0.435. The maximum atomic E-state index is 13.8. The summed E-state index contributed by atoms with van der Waals surface area (Å²) in [6, 6.07) is 2.75. The lowest BCUT2D eigenvalue weighted by molar-refractivity contribution is 0.313. The molecule has 36 heavy (non-hydrogen) atoms. The first-order valence-electron chi connectivity index (χ1n) is 11.6. The van der Waals surface area contributed by atoms with Crippen molar-refractivity contribution in [3.63, 3.8) is 0 Å². The molecule has 3 heterocycles. The lowest BCUT2D eigenvalue weighted by atomic mass is 10.2. The lowest BCUT2D eigenvalue weighted by Gasteiger charge is -2.35. The zero-order chi connectivity index (χ0) is 25.4. The average molecular weight is 538 g/mol. The normalized spacial score (nSPS) is 16.9. The number of halogens is 2. The van der Waals surface area contributed by atoms with Gasteiger partial charge in [0.1, 0.15) is 17.3 Å². The van der Waals surface area contributed by atoms with Crippen LogP contribution >= 0.6 is 11.3 Å². The first-order chi connectivity index (χ1) is 17.2. The minimum atomic E-state index is -3.29. The van der Waals surface area contributed by atoms with E-state index in [9.17, 15) is 22.0 Å². The van der Waals surface area contributed by atoms with E-state index in [-0.39, 0.29) is 36.4 Å². The number of hydrogen-bond donors (Lipinski definition) is 0. The Bertz CT molecular complexity index is 1410. The predicted molar refractivity (Wildman–Crippen MR) is 132 cm³/mol. The van der Waals surface area contributed by atoms with Crippen LogP contribution in [0.15, 0.2) is 34.7 Å². The molecule has 1 saturated heterocycles. The van der Waals surface area contributed by atoms with Gasteiger partial charge in [-0.15, -0.1) is 11.3 Å². The number of aromatic nitrogens is 3. The molecule has 192 valence electrons. The molecule has 2 aliphatic rings. The van der Waals surface area contributed by atoms with Crippen molar-refractivity contribution >= 4 is 27.0 Å². The maximum absolute atomic E-state index is 13.8. The molecule has 1 saturated carbocycles. The molecule has 2 aromatic heterocycles. The van der Waals surface area contributed by atoms with E-state index in [1.807, 2.05) is 11.8 Å². The quantitative estimate of drug-likeness (QED) is 0.436. The molecule has 0 amide bonds. The number of benzene rings is 1. The van der Waals surface area contributed by atoms with Crippen LogP contribution in [-0.2, 0) is 16.4 Å². The topological polar surface area (TPSA) is 97.6 Å². The van der Waals surface area contributed by atoms with E-state index in [2.05, 4.69) is 10.1 Å². The van der Waals surface area contributed by atoms with Crippen molar-refractivity contribution in [3.05, 3.63) is 62.5 Å². The second-order valence-electron chi connectivity index (χ2n) is 8.79. The van der Waals surface area contributed by atoms with Crippen LogP contribution in [0.5, 0.6) is 5.75 Å². The van der Waals surface area contributed by atoms with E-state index >= 15 is 0 Å². The molecule has 0 bridgehead atoms. The number of piperazine rings is 1. The Hall–Kier alpha value is -2.90. The molecule has 3 aromatic rings. The third-order valence-corrected chi connectivity index (χ3v) is 9.71. The highest BCUT2D eigenvalue weighted by Crippen LogP contribution is 2.33. The number of rotatable bonds is 8. The van der Waals surface area contributed by atoms with Crippen LogP contribution in [0.1, 0.15) is 23.4 Å². The highest BCUT2D eigenvalue weighted by molar-refractivity contribution is 7.90. The molecule has 0 spiro atoms. The second-order valence-corrected chi connectivity index (χ2v) is 11.9. The first-order valence-corrected chi connectivity index (χ1v) is 14.0. The maximum Gasteiger partial charge on any atom is 0.316 e. The Kier molecular flexibility index (Phi) is 6.79. The molecular formula is C23H25F2N5O4S2. The van der Waals surface area contributed by atoms with Crippen molar-refractivity contribution < 1.29 is 21.9 Å². The van der Waals surface area contributed by atoms with Crippen molar-refractivity contribution in [2.45, 2.75) is 31.4 Å². The zero-order valence-corrected chi connectivity index (χ0v) is 21.2. The molecule has 13 heteroatoms. The SMILES string of the molecule is Cc1ncsc1CCOc1c(N2CCN(S(=O)(=O)C3CC3)CC2)cnn(-c2cc(F)cc(F)c2)c1=O. The molecule has 1 aromatic carbocycles. The van der Waals surface area contributed by atoms with Gasteiger partial charge >= 0.3 is 5.56 Å². The van der Waals surface area contributed by atoms with Crippen LogP contribution in [0.3, 0.4) is 0 Å². The van der Waals surface area contributed by atoms with Crippen molar-refractivity contribution in [3.8, 4) is 11.4 Å². The Morgan fingerprint density at radius 1 is 1.11 bits per heavy atom. The number of sulfonamides is 1. The van der Waals surface area contributed by atoms with Crippen LogP contribution in [0, 0.1) is 18.6 Å². The summed E-state index contributed by atoms with van der Waals surface area (Å²) in [7, 11) is -3.29. The largest absolute Gasteiger partial charge is 0.486 e. The minimum Gasteiger partial charge on any atom is -0.486 e. The fourth-order valence-electron chi connectivity index (χ4n) is 4.21. The zero-order valence-electron chi connectivity index (χ0n) is 19.6. The first kappa shape index (κ1) is 24.8. The molecule has 1 aliphatic carbocycles. The summed E-state index contributed by atoms with van der Waals surface area (Å²) in [6.45, 7) is 3.37. The third kappa shape index (κ3) is 5.00. The van der Waals surface area contributed by atoms with Crippen LogP contribution in [-0.4, -0.2) is 65.5 Å². The van der Waals surface area contributed by atoms with Crippen molar-refractivity contribution in [2.75, 3.05) is 37.7 Å². The Labute approximate surface area is 211 Å². The number of anilines is 1. The number of aryl methyl sites for hydroxylation is 1. The highest BCUT2D eigenvalue weighted by Gasteiger charge is 2.41. The predicted octanol–water partition coefficient (Wildman–Crippen LogP) is 2.51. The summed E-state index contributed by atoms with van der Waals surface area (Å²) in [4.78, 5) is 20.5. The number of nitrogens with zero attached hydrogens (tertiary/aromatic N) is 5. The van der Waals surface area contributed by atoms with Gasteiger partial charge in [-0.05, 0) is 31.9 Å². The van der Waals surface area contributed by atoms with Crippen molar-refractivity contribution in [1.82, 2.24) is 19.1 Å². The molecule has 5 rings (SSSR count). The summed E-state index contributed by atoms with van der Waals surface area (Å²) < 4.78 is 61.2. The standard InChI is InChI=1S/C23H25F2N5O4S2/c1-15-21(35-14-26-15)4-9-34-22-20(28-5-7-29(8-6-28)36(32,33)19-2-3-19)13-27-30(23(22)31)18-11-16(24)10-17(25)12-18/h10-14,19H,2-9H2,1H3. The molecule has 0 radical (unpaired) electrons. The summed E-state index contributed by atoms with van der Waals surface area (Å²) in [6.07, 6.45) is 3.34. The summed E-state index contributed by atoms with van der Waals surface area (Å²) in [5.41, 5.74) is 2.32. The van der Waals surface area contributed by atoms with E-state index in [1.165, 1.54) is 21.8 Å². The molecule has 9 nitrogen and oxygen atoms in total. The van der Waals surface area contributed by atoms with E-state index in [0.717, 1.165) is 27.4 Å². The van der Waals surface area contributed by atoms with Gasteiger partial charge in [-0.1, -0.05) is 0 Å². The monoisotopic (exact) mass is 537 g/mol. The second kappa shape index (κ2) is 9.87. The van der Waals surface area contributed by atoms with E-state index in [1.54, 1.807) is 5.51 Å². The Morgan fingerprint density at radius 3 is 2.42 bits per heavy atom. The molecule has 2 fully saturated rings. The van der Waals surface area contributed by atoms with Gasteiger partial charge in [-0.25, -0.2) is 22.2 Å². The molecule has 0 N–H and O–H groups in total. The van der Waals surface area contributed by atoms with Gasteiger partial charge in [0.05, 0.1) is 34.9 Å². The van der Waals surface area contributed by atoms with Crippen molar-refractivity contribution in [2.24, 2.45) is 0 Å². The number of ether oxygens (including phenoxy) is 1. The van der Waals surface area contributed by atoms with Crippen LogP contribution in [0.2, 0.25) is 0 Å². The van der Waals surface area contributed by atoms with Gasteiger partial charge in [0.2, 0.25) is 15.8 Å². The van der Waals surface area contributed by atoms with Gasteiger partial charge in [-0.2, -0.15) is 14.1 Å². The van der Waals surface area contributed by atoms with Gasteiger partial charge in [0.25, 0.3) is 0 Å². The highest BCUT2D eigenvalue weighted by atomic mass is 32.2. The molecular weight excluding hydrogens is 512 g/mol. The fourth-order valence-corrected chi connectivity index (χ4v) is 6.80. The van der Waals surface area contributed by atoms with Gasteiger partial charge in [-0.3, -0.25) is 4.79 Å². The molecule has 0 unspecified atom stereocenters. The summed E-state index contributed by atoms with van der Waals surface area (Å²) >= 11 is 1.49.